The fourth-order valence-corrected chi connectivity index (χ4v) is 8.28. The van der Waals surface area contributed by atoms with Crippen molar-refractivity contribution in [2.75, 3.05) is 6.61 Å². The van der Waals surface area contributed by atoms with Crippen LogP contribution >= 0.6 is 0 Å². The monoisotopic (exact) mass is 483 g/mol. The van der Waals surface area contributed by atoms with E-state index in [1.54, 1.807) is 11.8 Å². The highest BCUT2D eigenvalue weighted by molar-refractivity contribution is 5.93. The van der Waals surface area contributed by atoms with Crippen LogP contribution < -0.4 is 0 Å². The molecule has 0 bridgehead atoms. The molecular weight excluding hydrogens is 446 g/mol. The van der Waals surface area contributed by atoms with Crippen LogP contribution in [0.15, 0.2) is 71.6 Å². The molecule has 2 N–H and O–H groups in total. The second-order valence-electron chi connectivity index (χ2n) is 11.8. The minimum atomic E-state index is -0.733. The van der Waals surface area contributed by atoms with E-state index in [0.29, 0.717) is 31.1 Å². The van der Waals surface area contributed by atoms with Gasteiger partial charge in [0.2, 0.25) is 0 Å². The number of carbonyl (C=O) groups excluding carboxylic acids is 1. The van der Waals surface area contributed by atoms with Gasteiger partial charge in [0, 0.05) is 36.8 Å². The number of aliphatic hydroxyl groups is 2. The van der Waals surface area contributed by atoms with Crippen molar-refractivity contribution in [2.45, 2.75) is 76.2 Å². The zero-order valence-corrected chi connectivity index (χ0v) is 21.2. The second kappa shape index (κ2) is 9.08. The van der Waals surface area contributed by atoms with Gasteiger partial charge in [0.25, 0.3) is 0 Å². The van der Waals surface area contributed by atoms with Gasteiger partial charge in [-0.15, -0.1) is 0 Å². The van der Waals surface area contributed by atoms with E-state index in [0.717, 1.165) is 49.7 Å². The minimum Gasteiger partial charge on any atom is -0.396 e. The smallest absolute Gasteiger partial charge is 0.156 e. The Labute approximate surface area is 214 Å². The topological polar surface area (TPSA) is 70.4 Å². The van der Waals surface area contributed by atoms with E-state index in [-0.39, 0.29) is 23.7 Å². The summed E-state index contributed by atoms with van der Waals surface area (Å²) in [6.45, 7) is 2.46. The minimum absolute atomic E-state index is 0.128. The first kappa shape index (κ1) is 23.8. The zero-order valence-electron chi connectivity index (χ0n) is 21.2. The lowest BCUT2D eigenvalue weighted by atomic mass is 9.51. The van der Waals surface area contributed by atoms with Gasteiger partial charge in [-0.2, -0.15) is 0 Å². The van der Waals surface area contributed by atoms with E-state index in [9.17, 15) is 15.0 Å². The normalized spacial score (nSPS) is 33.6. The number of benzene rings is 1. The molecular formula is C32H37NO3. The van der Waals surface area contributed by atoms with Crippen LogP contribution in [-0.2, 0) is 4.79 Å². The van der Waals surface area contributed by atoms with Crippen molar-refractivity contribution in [3.05, 3.63) is 77.2 Å². The molecule has 188 valence electrons. The maximum Gasteiger partial charge on any atom is 0.156 e. The molecule has 2 aromatic rings. The van der Waals surface area contributed by atoms with Crippen molar-refractivity contribution in [3.63, 3.8) is 0 Å². The quantitative estimate of drug-likeness (QED) is 0.535. The van der Waals surface area contributed by atoms with Gasteiger partial charge in [0.15, 0.2) is 5.78 Å². The molecule has 2 fully saturated rings. The Hall–Kier alpha value is -2.56. The SMILES string of the molecule is C[C@]12C[C@H](c3ccc(-c4cccnc4)cc3)C3=C4CCC(=O)C=C4CC[C@H]3[C@H]1CC[C@]2(O)CCCO. The number of ketones is 1. The highest BCUT2D eigenvalue weighted by Crippen LogP contribution is 2.67. The van der Waals surface area contributed by atoms with Crippen molar-refractivity contribution in [3.8, 4) is 11.1 Å². The maximum absolute atomic E-state index is 12.3. The number of pyridine rings is 1. The predicted octanol–water partition coefficient (Wildman–Crippen LogP) is 6.15. The van der Waals surface area contributed by atoms with Crippen molar-refractivity contribution in [2.24, 2.45) is 17.3 Å². The van der Waals surface area contributed by atoms with Crippen LogP contribution in [0.1, 0.15) is 76.2 Å². The zero-order chi connectivity index (χ0) is 24.9. The molecule has 0 unspecified atom stereocenters. The van der Waals surface area contributed by atoms with Crippen LogP contribution in [0, 0.1) is 17.3 Å². The average Bonchev–Trinajstić information content (AvgIpc) is 3.17. The second-order valence-corrected chi connectivity index (χ2v) is 11.8. The molecule has 1 aromatic carbocycles. The Balaban J connectivity index is 1.45. The van der Waals surface area contributed by atoms with Crippen molar-refractivity contribution >= 4 is 5.78 Å². The Morgan fingerprint density at radius 2 is 1.89 bits per heavy atom. The number of aromatic nitrogens is 1. The Morgan fingerprint density at radius 3 is 2.64 bits per heavy atom. The van der Waals surface area contributed by atoms with Crippen LogP contribution in [-0.4, -0.2) is 33.2 Å². The van der Waals surface area contributed by atoms with Crippen molar-refractivity contribution in [1.29, 1.82) is 0 Å². The van der Waals surface area contributed by atoms with E-state index < -0.39 is 5.60 Å². The van der Waals surface area contributed by atoms with Crippen LogP contribution in [0.25, 0.3) is 11.1 Å². The van der Waals surface area contributed by atoms with Crippen molar-refractivity contribution in [1.82, 2.24) is 4.98 Å². The molecule has 0 radical (unpaired) electrons. The first-order chi connectivity index (χ1) is 17.4. The molecule has 1 aromatic heterocycles. The molecule has 5 atom stereocenters. The summed E-state index contributed by atoms with van der Waals surface area (Å²) >= 11 is 0. The molecule has 0 spiro atoms. The molecule has 4 heteroatoms. The third-order valence-corrected chi connectivity index (χ3v) is 10.1. The van der Waals surface area contributed by atoms with E-state index in [1.807, 2.05) is 18.3 Å². The van der Waals surface area contributed by atoms with Gasteiger partial charge in [-0.25, -0.2) is 0 Å². The first-order valence-corrected chi connectivity index (χ1v) is 13.7. The first-order valence-electron chi connectivity index (χ1n) is 13.7. The van der Waals surface area contributed by atoms with Crippen LogP contribution in [0.4, 0.5) is 0 Å². The summed E-state index contributed by atoms with van der Waals surface area (Å²) in [4.78, 5) is 16.5. The highest BCUT2D eigenvalue weighted by atomic mass is 16.3. The molecule has 36 heavy (non-hydrogen) atoms. The fourth-order valence-electron chi connectivity index (χ4n) is 8.28. The molecule has 4 aliphatic rings. The molecule has 0 amide bonds. The summed E-state index contributed by atoms with van der Waals surface area (Å²) in [6, 6.07) is 13.0. The third kappa shape index (κ3) is 3.72. The largest absolute Gasteiger partial charge is 0.396 e. The number of hydrogen-bond donors (Lipinski definition) is 2. The molecule has 4 aliphatic carbocycles. The number of allylic oxidation sites excluding steroid dienone is 4. The van der Waals surface area contributed by atoms with Crippen molar-refractivity contribution < 1.29 is 15.0 Å². The molecule has 2 saturated carbocycles. The lowest BCUT2D eigenvalue weighted by molar-refractivity contribution is -0.114. The van der Waals surface area contributed by atoms with Gasteiger partial charge in [0.05, 0.1) is 5.60 Å². The molecule has 4 nitrogen and oxygen atoms in total. The highest BCUT2D eigenvalue weighted by Gasteiger charge is 2.62. The number of fused-ring (bicyclic) bond motifs is 4. The van der Waals surface area contributed by atoms with Crippen LogP contribution in [0.5, 0.6) is 0 Å². The number of nitrogens with zero attached hydrogens (tertiary/aromatic N) is 1. The summed E-state index contributed by atoms with van der Waals surface area (Å²) in [6.07, 6.45) is 13.2. The lowest BCUT2D eigenvalue weighted by Crippen LogP contribution is -2.51. The van der Waals surface area contributed by atoms with Gasteiger partial charge in [-0.1, -0.05) is 42.8 Å². The number of carbonyl (C=O) groups is 1. The molecule has 1 heterocycles. The summed E-state index contributed by atoms with van der Waals surface area (Å²) in [5, 5.41) is 21.6. The van der Waals surface area contributed by atoms with E-state index in [2.05, 4.69) is 42.2 Å². The van der Waals surface area contributed by atoms with Gasteiger partial charge < -0.3 is 10.2 Å². The standard InChI is InChI=1S/C32H37NO3/c1-31-19-28(22-7-5-21(6-8-22)24-4-2-16-33-20-24)30-26-12-10-25(35)18-23(26)9-11-27(30)29(31)13-15-32(31,36)14-3-17-34/h2,4-8,16,18,20,27-29,34,36H,3,9-15,17,19H2,1H3/t27-,28+,29+,31-,32+/m0/s1. The van der Waals surface area contributed by atoms with E-state index in [4.69, 9.17) is 0 Å². The molecule has 0 aliphatic heterocycles. The summed E-state index contributed by atoms with van der Waals surface area (Å²) in [5.41, 5.74) is 6.94. The van der Waals surface area contributed by atoms with Gasteiger partial charge in [-0.05, 0) is 103 Å². The number of hydrogen-bond acceptors (Lipinski definition) is 4. The summed E-state index contributed by atoms with van der Waals surface area (Å²) < 4.78 is 0. The number of aliphatic hydroxyl groups excluding tert-OH is 1. The summed E-state index contributed by atoms with van der Waals surface area (Å²) in [5.74, 6) is 1.42. The van der Waals surface area contributed by atoms with Gasteiger partial charge in [0.1, 0.15) is 0 Å². The summed E-state index contributed by atoms with van der Waals surface area (Å²) in [7, 11) is 0. The predicted molar refractivity (Wildman–Crippen MR) is 141 cm³/mol. The van der Waals surface area contributed by atoms with Gasteiger partial charge in [-0.3, -0.25) is 9.78 Å². The fraction of sp³-hybridized carbons (Fsp3) is 0.500. The average molecular weight is 484 g/mol. The molecule has 0 saturated heterocycles. The van der Waals surface area contributed by atoms with E-state index in [1.165, 1.54) is 16.7 Å². The Morgan fingerprint density at radius 1 is 1.06 bits per heavy atom. The Bertz CT molecular complexity index is 1210. The van der Waals surface area contributed by atoms with Gasteiger partial charge >= 0.3 is 0 Å². The number of rotatable bonds is 5. The third-order valence-electron chi connectivity index (χ3n) is 10.1. The van der Waals surface area contributed by atoms with E-state index >= 15 is 0 Å². The lowest BCUT2D eigenvalue weighted by Gasteiger charge is -2.55. The molecule has 6 rings (SSSR count). The van der Waals surface area contributed by atoms with Crippen LogP contribution in [0.2, 0.25) is 0 Å². The maximum atomic E-state index is 12.3. The van der Waals surface area contributed by atoms with Crippen LogP contribution in [0.3, 0.4) is 0 Å². The Kier molecular flexibility index (Phi) is 6.00.